The molecule has 0 spiro atoms. The van der Waals surface area contributed by atoms with Gasteiger partial charge in [0.1, 0.15) is 5.76 Å². The number of carbonyl (C=O) groups excluding carboxylic acids is 1. The lowest BCUT2D eigenvalue weighted by Crippen LogP contribution is -2.32. The molecule has 2 atom stereocenters. The lowest BCUT2D eigenvalue weighted by Gasteiger charge is -2.20. The molecular weight excluding hydrogens is 154 g/mol. The molecule has 3 nitrogen and oxygen atoms in total. The van der Waals surface area contributed by atoms with Gasteiger partial charge in [0.15, 0.2) is 0 Å². The van der Waals surface area contributed by atoms with Crippen LogP contribution in [0.4, 0.5) is 4.79 Å². The van der Waals surface area contributed by atoms with Crippen LogP contribution in [-0.4, -0.2) is 24.1 Å². The normalized spacial score (nSPS) is 25.5. The van der Waals surface area contributed by atoms with Crippen molar-refractivity contribution in [3.63, 3.8) is 0 Å². The summed E-state index contributed by atoms with van der Waals surface area (Å²) in [5.74, 6) is 0.684. The van der Waals surface area contributed by atoms with Crippen molar-refractivity contribution in [1.29, 1.82) is 0 Å². The van der Waals surface area contributed by atoms with E-state index in [4.69, 9.17) is 4.74 Å². The van der Waals surface area contributed by atoms with Crippen molar-refractivity contribution in [3.05, 3.63) is 25.0 Å². The van der Waals surface area contributed by atoms with Gasteiger partial charge in [-0.2, -0.15) is 0 Å². The molecule has 1 aliphatic rings. The molecule has 1 fully saturated rings. The fourth-order valence-electron chi connectivity index (χ4n) is 1.35. The van der Waals surface area contributed by atoms with Gasteiger partial charge in [-0.3, -0.25) is 0 Å². The molecule has 3 heteroatoms. The summed E-state index contributed by atoms with van der Waals surface area (Å²) >= 11 is 0. The first-order chi connectivity index (χ1) is 5.57. The Bertz CT molecular complexity index is 235. The fourth-order valence-corrected chi connectivity index (χ4v) is 1.35. The third kappa shape index (κ3) is 1.22. The molecule has 1 amide bonds. The van der Waals surface area contributed by atoms with Gasteiger partial charge in [-0.05, 0) is 0 Å². The minimum atomic E-state index is -0.335. The summed E-state index contributed by atoms with van der Waals surface area (Å²) in [5, 5.41) is 0. The standard InChI is InChI=1S/C9H13NO2/c1-5-6(2)8-7(3)12-9(11)10(8)4/h5-6,8H,1,3H2,2,4H3. The predicted octanol–water partition coefficient (Wildman–Crippen LogP) is 1.77. The third-order valence-corrected chi connectivity index (χ3v) is 2.12. The Morgan fingerprint density at radius 2 is 2.33 bits per heavy atom. The number of nitrogens with zero attached hydrogens (tertiary/aromatic N) is 1. The van der Waals surface area contributed by atoms with Crippen LogP contribution in [0.15, 0.2) is 25.0 Å². The Balaban J connectivity index is 2.82. The van der Waals surface area contributed by atoms with Crippen molar-refractivity contribution in [1.82, 2.24) is 4.90 Å². The van der Waals surface area contributed by atoms with Crippen LogP contribution in [-0.2, 0) is 4.74 Å². The number of carbonyl (C=O) groups is 1. The summed E-state index contributed by atoms with van der Waals surface area (Å²) in [6, 6.07) is -0.0602. The first-order valence-electron chi connectivity index (χ1n) is 3.84. The van der Waals surface area contributed by atoms with Crippen LogP contribution in [0.3, 0.4) is 0 Å². The fraction of sp³-hybridized carbons (Fsp3) is 0.444. The van der Waals surface area contributed by atoms with E-state index < -0.39 is 0 Å². The summed E-state index contributed by atoms with van der Waals surface area (Å²) < 4.78 is 4.85. The summed E-state index contributed by atoms with van der Waals surface area (Å²) in [4.78, 5) is 12.6. The number of amides is 1. The maximum absolute atomic E-state index is 11.0. The zero-order valence-electron chi connectivity index (χ0n) is 7.41. The van der Waals surface area contributed by atoms with Gasteiger partial charge in [-0.15, -0.1) is 6.58 Å². The molecule has 1 saturated heterocycles. The highest BCUT2D eigenvalue weighted by molar-refractivity contribution is 5.72. The molecule has 0 N–H and O–H groups in total. The van der Waals surface area contributed by atoms with Crippen LogP contribution in [0.25, 0.3) is 0 Å². The second kappa shape index (κ2) is 3.01. The molecule has 0 aromatic heterocycles. The Hall–Kier alpha value is -1.25. The Labute approximate surface area is 72.3 Å². The minimum Gasteiger partial charge on any atom is -0.413 e. The monoisotopic (exact) mass is 167 g/mol. The Morgan fingerprint density at radius 3 is 2.67 bits per heavy atom. The van der Waals surface area contributed by atoms with Gasteiger partial charge in [0, 0.05) is 13.0 Å². The van der Waals surface area contributed by atoms with Gasteiger partial charge in [-0.25, -0.2) is 4.79 Å². The van der Waals surface area contributed by atoms with Crippen LogP contribution in [0, 0.1) is 5.92 Å². The Morgan fingerprint density at radius 1 is 1.75 bits per heavy atom. The SMILES string of the molecule is C=CC(C)C1C(=C)OC(=O)N1C. The predicted molar refractivity (Wildman–Crippen MR) is 46.5 cm³/mol. The van der Waals surface area contributed by atoms with Crippen LogP contribution in [0.5, 0.6) is 0 Å². The summed E-state index contributed by atoms with van der Waals surface area (Å²) in [6.45, 7) is 9.31. The summed E-state index contributed by atoms with van der Waals surface area (Å²) in [6.07, 6.45) is 1.45. The number of likely N-dealkylation sites (N-methyl/N-ethyl adjacent to an activating group) is 1. The molecule has 0 aromatic carbocycles. The highest BCUT2D eigenvalue weighted by atomic mass is 16.6. The van der Waals surface area contributed by atoms with E-state index in [1.54, 1.807) is 13.1 Å². The minimum absolute atomic E-state index is 0.0602. The highest BCUT2D eigenvalue weighted by Gasteiger charge is 2.36. The van der Waals surface area contributed by atoms with E-state index in [2.05, 4.69) is 13.2 Å². The quantitative estimate of drug-likeness (QED) is 0.586. The van der Waals surface area contributed by atoms with Crippen molar-refractivity contribution >= 4 is 6.09 Å². The van der Waals surface area contributed by atoms with Gasteiger partial charge in [-0.1, -0.05) is 19.6 Å². The molecule has 0 bridgehead atoms. The average Bonchev–Trinajstić information content (AvgIpc) is 2.26. The molecular formula is C9H13NO2. The van der Waals surface area contributed by atoms with Crippen LogP contribution >= 0.6 is 0 Å². The van der Waals surface area contributed by atoms with Gasteiger partial charge >= 0.3 is 6.09 Å². The van der Waals surface area contributed by atoms with E-state index in [1.165, 1.54) is 4.90 Å². The van der Waals surface area contributed by atoms with Crippen molar-refractivity contribution in [3.8, 4) is 0 Å². The van der Waals surface area contributed by atoms with Crippen LogP contribution in [0.2, 0.25) is 0 Å². The highest BCUT2D eigenvalue weighted by Crippen LogP contribution is 2.26. The Kier molecular flexibility index (Phi) is 2.22. The van der Waals surface area contributed by atoms with E-state index in [1.807, 2.05) is 6.92 Å². The topological polar surface area (TPSA) is 29.5 Å². The largest absolute Gasteiger partial charge is 0.415 e. The maximum Gasteiger partial charge on any atom is 0.415 e. The molecule has 1 aliphatic heterocycles. The van der Waals surface area contributed by atoms with Crippen molar-refractivity contribution in [2.24, 2.45) is 5.92 Å². The third-order valence-electron chi connectivity index (χ3n) is 2.12. The molecule has 0 aliphatic carbocycles. The van der Waals surface area contributed by atoms with E-state index in [9.17, 15) is 4.79 Å². The molecule has 1 rings (SSSR count). The summed E-state index contributed by atoms with van der Waals surface area (Å²) in [7, 11) is 1.70. The second-order valence-electron chi connectivity index (χ2n) is 2.98. The zero-order chi connectivity index (χ0) is 9.30. The lowest BCUT2D eigenvalue weighted by atomic mass is 10.0. The maximum atomic E-state index is 11.0. The van der Waals surface area contributed by atoms with E-state index in [0.29, 0.717) is 5.76 Å². The molecule has 12 heavy (non-hydrogen) atoms. The van der Waals surface area contributed by atoms with Gasteiger partial charge < -0.3 is 9.64 Å². The van der Waals surface area contributed by atoms with Crippen molar-refractivity contribution in [2.75, 3.05) is 7.05 Å². The first kappa shape index (κ1) is 8.84. The summed E-state index contributed by atoms with van der Waals surface area (Å²) in [5.41, 5.74) is 0. The first-order valence-corrected chi connectivity index (χ1v) is 3.84. The molecule has 2 unspecified atom stereocenters. The molecule has 66 valence electrons. The number of hydrogen-bond acceptors (Lipinski definition) is 2. The number of rotatable bonds is 2. The lowest BCUT2D eigenvalue weighted by molar-refractivity contribution is 0.171. The zero-order valence-corrected chi connectivity index (χ0v) is 7.41. The van der Waals surface area contributed by atoms with Crippen molar-refractivity contribution in [2.45, 2.75) is 13.0 Å². The number of ether oxygens (including phenoxy) is 1. The van der Waals surface area contributed by atoms with Gasteiger partial charge in [0.25, 0.3) is 0 Å². The molecule has 0 aromatic rings. The van der Waals surface area contributed by atoms with E-state index in [-0.39, 0.29) is 18.1 Å². The van der Waals surface area contributed by atoms with Gasteiger partial charge in [0.2, 0.25) is 0 Å². The smallest absolute Gasteiger partial charge is 0.413 e. The number of cyclic esters (lactones) is 1. The molecule has 1 heterocycles. The molecule has 0 radical (unpaired) electrons. The number of hydrogen-bond donors (Lipinski definition) is 0. The van der Waals surface area contributed by atoms with Crippen LogP contribution in [0.1, 0.15) is 6.92 Å². The van der Waals surface area contributed by atoms with E-state index >= 15 is 0 Å². The van der Waals surface area contributed by atoms with Gasteiger partial charge in [0.05, 0.1) is 6.04 Å². The second-order valence-corrected chi connectivity index (χ2v) is 2.98. The molecule has 0 saturated carbocycles. The average molecular weight is 167 g/mol. The van der Waals surface area contributed by atoms with Crippen LogP contribution < -0.4 is 0 Å². The van der Waals surface area contributed by atoms with E-state index in [0.717, 1.165) is 0 Å². The van der Waals surface area contributed by atoms with Crippen molar-refractivity contribution < 1.29 is 9.53 Å².